The second-order valence-corrected chi connectivity index (χ2v) is 9.83. The number of halogens is 2. The molecule has 2 aromatic carbocycles. The van der Waals surface area contributed by atoms with E-state index in [2.05, 4.69) is 6.08 Å². The maximum atomic E-state index is 14.0. The van der Waals surface area contributed by atoms with E-state index < -0.39 is 0 Å². The zero-order valence-corrected chi connectivity index (χ0v) is 19.5. The van der Waals surface area contributed by atoms with E-state index in [1.54, 1.807) is 45.6 Å². The highest BCUT2D eigenvalue weighted by Gasteiger charge is 2.35. The predicted molar refractivity (Wildman–Crippen MR) is 127 cm³/mol. The molecule has 0 amide bonds. The lowest BCUT2D eigenvalue weighted by Crippen LogP contribution is -2.20. The van der Waals surface area contributed by atoms with Crippen LogP contribution in [0.25, 0.3) is 5.03 Å². The third kappa shape index (κ3) is 4.93. The van der Waals surface area contributed by atoms with E-state index in [0.29, 0.717) is 27.8 Å². The lowest BCUT2D eigenvalue weighted by atomic mass is 10.1. The monoisotopic (exact) mass is 466 g/mol. The van der Waals surface area contributed by atoms with Crippen LogP contribution >= 0.6 is 35.1 Å². The topological polar surface area (TPSA) is 27.7 Å². The van der Waals surface area contributed by atoms with E-state index in [0.717, 1.165) is 23.5 Å². The first kappa shape index (κ1) is 22.9. The maximum absolute atomic E-state index is 14.0. The Morgan fingerprint density at radius 3 is 2.23 bits per heavy atom. The van der Waals surface area contributed by atoms with Gasteiger partial charge in [-0.15, -0.1) is 23.5 Å². The molecule has 0 aliphatic carbocycles. The molecule has 0 atom stereocenters. The molecule has 2 aromatic rings. The molecule has 1 heterocycles. The minimum absolute atomic E-state index is 0.339. The number of hydrogen-bond donors (Lipinski definition) is 0. The van der Waals surface area contributed by atoms with Crippen molar-refractivity contribution in [1.82, 2.24) is 0 Å². The molecule has 0 unspecified atom stereocenters. The van der Waals surface area contributed by atoms with Crippen LogP contribution in [0.1, 0.15) is 17.5 Å². The van der Waals surface area contributed by atoms with Crippen molar-refractivity contribution in [2.75, 3.05) is 32.8 Å². The first-order chi connectivity index (χ1) is 14.5. The van der Waals surface area contributed by atoms with Gasteiger partial charge in [0.1, 0.15) is 9.90 Å². The highest BCUT2D eigenvalue weighted by atomic mass is 35.5. The lowest BCUT2D eigenvalue weighted by molar-refractivity contribution is 0.324. The standard InChI is InChI=1S/C23H24ClFO3S2/c1-26-20-14-16(15-21(27-2)22(20)28-3)23(29-12-7-13-30-23)11-6-9-18(24)17-8-4-5-10-19(17)25/h4-6,8-11,14-15H,7,12-13H2,1-3H3/b11-6+,18-9-. The van der Waals surface area contributed by atoms with Crippen molar-refractivity contribution in [2.45, 2.75) is 10.5 Å². The van der Waals surface area contributed by atoms with Crippen LogP contribution in [0.15, 0.2) is 54.6 Å². The number of rotatable bonds is 7. The van der Waals surface area contributed by atoms with Crippen molar-refractivity contribution in [3.63, 3.8) is 0 Å². The van der Waals surface area contributed by atoms with E-state index in [-0.39, 0.29) is 9.90 Å². The Morgan fingerprint density at radius 2 is 1.67 bits per heavy atom. The van der Waals surface area contributed by atoms with Gasteiger partial charge in [-0.25, -0.2) is 4.39 Å². The zero-order chi connectivity index (χ0) is 21.6. The number of allylic oxidation sites excluding steroid dienone is 2. The van der Waals surface area contributed by atoms with Gasteiger partial charge in [0.15, 0.2) is 11.5 Å². The summed E-state index contributed by atoms with van der Waals surface area (Å²) in [7, 11) is 4.82. The summed E-state index contributed by atoms with van der Waals surface area (Å²) >= 11 is 10.0. The third-order valence-corrected chi connectivity index (χ3v) is 8.30. The van der Waals surface area contributed by atoms with Crippen molar-refractivity contribution in [1.29, 1.82) is 0 Å². The summed E-state index contributed by atoms with van der Waals surface area (Å²) in [6.45, 7) is 0. The minimum Gasteiger partial charge on any atom is -0.493 e. The van der Waals surface area contributed by atoms with Crippen LogP contribution in [0.2, 0.25) is 0 Å². The molecule has 0 spiro atoms. The van der Waals surface area contributed by atoms with E-state index in [9.17, 15) is 4.39 Å². The molecule has 0 aromatic heterocycles. The zero-order valence-electron chi connectivity index (χ0n) is 17.1. The lowest BCUT2D eigenvalue weighted by Gasteiger charge is -2.34. The van der Waals surface area contributed by atoms with E-state index in [4.69, 9.17) is 25.8 Å². The Bertz CT molecular complexity index is 915. The van der Waals surface area contributed by atoms with Gasteiger partial charge in [0, 0.05) is 5.56 Å². The molecule has 30 heavy (non-hydrogen) atoms. The van der Waals surface area contributed by atoms with Gasteiger partial charge >= 0.3 is 0 Å². The summed E-state index contributed by atoms with van der Waals surface area (Å²) in [5, 5.41) is 0.357. The van der Waals surface area contributed by atoms with Crippen LogP contribution < -0.4 is 14.2 Å². The van der Waals surface area contributed by atoms with E-state index in [1.165, 1.54) is 6.07 Å². The quantitative estimate of drug-likeness (QED) is 0.423. The van der Waals surface area contributed by atoms with E-state index in [1.807, 2.05) is 41.7 Å². The average molecular weight is 467 g/mol. The second-order valence-electron chi connectivity index (χ2n) is 6.49. The Balaban J connectivity index is 2.00. The number of hydrogen-bond acceptors (Lipinski definition) is 5. The average Bonchev–Trinajstić information content (AvgIpc) is 2.78. The molecule has 0 bridgehead atoms. The SMILES string of the molecule is COc1cc(C2(/C=C/C=C(\Cl)c3ccccc3F)SCCCS2)cc(OC)c1OC. The number of thioether (sulfide) groups is 2. The molecule has 7 heteroatoms. The number of methoxy groups -OCH3 is 3. The normalized spacial score (nSPS) is 16.5. The summed E-state index contributed by atoms with van der Waals surface area (Å²) in [6.07, 6.45) is 6.87. The van der Waals surface area contributed by atoms with Gasteiger partial charge < -0.3 is 14.2 Å². The third-order valence-electron chi connectivity index (χ3n) is 4.68. The first-order valence-electron chi connectivity index (χ1n) is 9.43. The predicted octanol–water partition coefficient (Wildman–Crippen LogP) is 6.71. The molecule has 1 saturated heterocycles. The Labute approximate surface area is 190 Å². The molecule has 1 aliphatic heterocycles. The molecule has 0 saturated carbocycles. The van der Waals surface area contributed by atoms with Crippen molar-refractivity contribution in [2.24, 2.45) is 0 Å². The Morgan fingerprint density at radius 1 is 1.03 bits per heavy atom. The summed E-state index contributed by atoms with van der Waals surface area (Å²) in [5.41, 5.74) is 1.42. The first-order valence-corrected chi connectivity index (χ1v) is 11.8. The van der Waals surface area contributed by atoms with Crippen LogP contribution in [0.5, 0.6) is 17.2 Å². The highest BCUT2D eigenvalue weighted by molar-refractivity contribution is 8.18. The highest BCUT2D eigenvalue weighted by Crippen LogP contribution is 2.54. The van der Waals surface area contributed by atoms with Crippen LogP contribution in [0.3, 0.4) is 0 Å². The minimum atomic E-state index is -0.340. The van der Waals surface area contributed by atoms with Crippen LogP contribution in [0.4, 0.5) is 4.39 Å². The summed E-state index contributed by atoms with van der Waals surface area (Å²) in [5.74, 6) is 3.51. The molecule has 3 nitrogen and oxygen atoms in total. The van der Waals surface area contributed by atoms with Crippen LogP contribution in [0, 0.1) is 5.82 Å². The number of ether oxygens (including phenoxy) is 3. The fraction of sp³-hybridized carbons (Fsp3) is 0.304. The fourth-order valence-corrected chi connectivity index (χ4v) is 6.54. The van der Waals surface area contributed by atoms with Gasteiger partial charge in [-0.3, -0.25) is 0 Å². The molecule has 1 aliphatic rings. The number of benzene rings is 2. The smallest absolute Gasteiger partial charge is 0.203 e. The summed E-state index contributed by atoms with van der Waals surface area (Å²) < 4.78 is 30.2. The van der Waals surface area contributed by atoms with E-state index >= 15 is 0 Å². The maximum Gasteiger partial charge on any atom is 0.203 e. The van der Waals surface area contributed by atoms with Crippen molar-refractivity contribution in [3.05, 3.63) is 71.6 Å². The Hall–Kier alpha value is -1.76. The molecule has 160 valence electrons. The van der Waals surface area contributed by atoms with Gasteiger partial charge in [-0.05, 0) is 47.8 Å². The summed E-state index contributed by atoms with van der Waals surface area (Å²) in [4.78, 5) is 0. The molecule has 0 N–H and O–H groups in total. The van der Waals surface area contributed by atoms with Gasteiger partial charge in [-0.1, -0.05) is 42.0 Å². The summed E-state index contributed by atoms with van der Waals surface area (Å²) in [6, 6.07) is 10.5. The molecule has 1 fully saturated rings. The molecule has 3 rings (SSSR count). The molecule has 0 radical (unpaired) electrons. The second kappa shape index (κ2) is 10.5. The van der Waals surface area contributed by atoms with Gasteiger partial charge in [-0.2, -0.15) is 0 Å². The van der Waals surface area contributed by atoms with Crippen molar-refractivity contribution in [3.8, 4) is 17.2 Å². The fourth-order valence-electron chi connectivity index (χ4n) is 3.19. The Kier molecular flexibility index (Phi) is 8.03. The van der Waals surface area contributed by atoms with Gasteiger partial charge in [0.25, 0.3) is 0 Å². The van der Waals surface area contributed by atoms with Crippen LogP contribution in [-0.2, 0) is 4.08 Å². The molecular formula is C23H24ClFO3S2. The van der Waals surface area contributed by atoms with Crippen molar-refractivity contribution >= 4 is 40.2 Å². The van der Waals surface area contributed by atoms with Gasteiger partial charge in [0.05, 0.1) is 26.4 Å². The van der Waals surface area contributed by atoms with Gasteiger partial charge in [0.2, 0.25) is 5.75 Å². The molecular weight excluding hydrogens is 443 g/mol. The largest absolute Gasteiger partial charge is 0.493 e. The van der Waals surface area contributed by atoms with Crippen molar-refractivity contribution < 1.29 is 18.6 Å². The van der Waals surface area contributed by atoms with Crippen LogP contribution in [-0.4, -0.2) is 32.8 Å².